The molecule has 0 aliphatic heterocycles. The van der Waals surface area contributed by atoms with Gasteiger partial charge in [0, 0.05) is 16.8 Å². The number of aryl methyl sites for hydroxylation is 2. The van der Waals surface area contributed by atoms with E-state index in [0.717, 1.165) is 24.2 Å². The van der Waals surface area contributed by atoms with E-state index in [0.29, 0.717) is 0 Å². The van der Waals surface area contributed by atoms with E-state index in [1.165, 1.54) is 55.3 Å². The van der Waals surface area contributed by atoms with Gasteiger partial charge in [0.1, 0.15) is 0 Å². The number of hydrogen-bond donors (Lipinski definition) is 2. The smallest absolute Gasteiger partial charge is 0.0317 e. The summed E-state index contributed by atoms with van der Waals surface area (Å²) in [6, 6.07) is 26.1. The van der Waals surface area contributed by atoms with Crippen molar-refractivity contribution in [3.8, 4) is 11.1 Å². The Kier molecular flexibility index (Phi) is 8.80. The molecule has 2 heteroatoms. The molecule has 4 aromatic rings. The fourth-order valence-corrected chi connectivity index (χ4v) is 5.81. The van der Waals surface area contributed by atoms with Crippen molar-refractivity contribution in [2.24, 2.45) is 5.73 Å². The molecule has 0 saturated heterocycles. The lowest BCUT2D eigenvalue weighted by atomic mass is 9.80. The van der Waals surface area contributed by atoms with Gasteiger partial charge >= 0.3 is 0 Å². The highest BCUT2D eigenvalue weighted by Gasteiger charge is 2.36. The first kappa shape index (κ1) is 28.7. The van der Waals surface area contributed by atoms with Gasteiger partial charge in [-0.25, -0.2) is 0 Å². The van der Waals surface area contributed by atoms with Gasteiger partial charge in [-0.15, -0.1) is 0 Å². The minimum Gasteiger partial charge on any atom is -0.402 e. The number of nitrogen functional groups attached to an aromatic ring is 1. The summed E-state index contributed by atoms with van der Waals surface area (Å²) in [4.78, 5) is 0. The van der Waals surface area contributed by atoms with Gasteiger partial charge in [0.05, 0.1) is 0 Å². The number of anilines is 1. The van der Waals surface area contributed by atoms with E-state index < -0.39 is 0 Å². The van der Waals surface area contributed by atoms with Gasteiger partial charge in [0.2, 0.25) is 0 Å². The molecule has 0 saturated carbocycles. The first-order chi connectivity index (χ1) is 19.1. The van der Waals surface area contributed by atoms with E-state index in [2.05, 4.69) is 107 Å². The summed E-state index contributed by atoms with van der Waals surface area (Å²) < 4.78 is 0. The Balaban J connectivity index is 0.000000164. The Morgan fingerprint density at radius 2 is 1.50 bits per heavy atom. The lowest BCUT2D eigenvalue weighted by Gasteiger charge is -2.23. The molecular weight excluding hydrogens is 484 g/mol. The van der Waals surface area contributed by atoms with Crippen LogP contribution in [0.3, 0.4) is 0 Å². The predicted octanol–water partition coefficient (Wildman–Crippen LogP) is 9.80. The molecule has 0 heterocycles. The second-order valence-electron chi connectivity index (χ2n) is 11.2. The molecule has 0 amide bonds. The normalized spacial score (nSPS) is 14.6. The maximum Gasteiger partial charge on any atom is 0.0317 e. The van der Waals surface area contributed by atoms with Crippen LogP contribution in [0.2, 0.25) is 0 Å². The molecule has 4 N–H and O–H groups in total. The molecule has 0 radical (unpaired) electrons. The minimum atomic E-state index is 0.000903. The predicted molar refractivity (Wildman–Crippen MR) is 176 cm³/mol. The molecule has 2 aliphatic rings. The topological polar surface area (TPSA) is 52.0 Å². The van der Waals surface area contributed by atoms with E-state index in [4.69, 9.17) is 11.5 Å². The Bertz CT molecular complexity index is 1610. The lowest BCUT2D eigenvalue weighted by Crippen LogP contribution is -2.15. The van der Waals surface area contributed by atoms with E-state index in [9.17, 15) is 0 Å². The number of fused-ring (bicyclic) bond motifs is 5. The quantitative estimate of drug-likeness (QED) is 0.202. The van der Waals surface area contributed by atoms with E-state index in [1.807, 2.05) is 31.2 Å². The maximum absolute atomic E-state index is 6.00. The van der Waals surface area contributed by atoms with Crippen LogP contribution in [0.15, 0.2) is 115 Å². The summed E-state index contributed by atoms with van der Waals surface area (Å²) >= 11 is 0. The third kappa shape index (κ3) is 6.13. The van der Waals surface area contributed by atoms with Gasteiger partial charge in [-0.3, -0.25) is 0 Å². The van der Waals surface area contributed by atoms with Crippen molar-refractivity contribution in [1.82, 2.24) is 0 Å². The van der Waals surface area contributed by atoms with Crippen LogP contribution in [0.25, 0.3) is 27.5 Å². The van der Waals surface area contributed by atoms with Crippen molar-refractivity contribution >= 4 is 22.0 Å². The van der Waals surface area contributed by atoms with Gasteiger partial charge in [-0.2, -0.15) is 0 Å². The lowest BCUT2D eigenvalue weighted by molar-refractivity contribution is 0.666. The summed E-state index contributed by atoms with van der Waals surface area (Å²) in [6.07, 6.45) is 11.8. The molecule has 0 atom stereocenters. The van der Waals surface area contributed by atoms with Crippen LogP contribution >= 0.6 is 0 Å². The van der Waals surface area contributed by atoms with E-state index >= 15 is 0 Å². The van der Waals surface area contributed by atoms with Crippen LogP contribution in [0.1, 0.15) is 61.4 Å². The summed E-state index contributed by atoms with van der Waals surface area (Å²) in [5.74, 6) is 0. The van der Waals surface area contributed by atoms with Gasteiger partial charge in [-0.1, -0.05) is 117 Å². The standard InChI is InChI=1S/C19H17N.C14H17N.C5H8/c1-19(2)17-11-13(20)8-10-15(17)16-9-7-12-5-3-4-6-14(12)18(16)19;1-10-7-11(2)9-13(8-10)12-3-5-14(15)6-4-12;1-3-5-4-2/h3-11H,20H2,1-2H3;3,5,7-9H,4,6,15H2,1-2H3;3-5H,1H2,2H3/b;;5-4-. The van der Waals surface area contributed by atoms with Gasteiger partial charge in [0.25, 0.3) is 0 Å². The van der Waals surface area contributed by atoms with Crippen molar-refractivity contribution in [3.63, 3.8) is 0 Å². The number of allylic oxidation sites excluding steroid dienone is 7. The van der Waals surface area contributed by atoms with Gasteiger partial charge < -0.3 is 11.5 Å². The molecule has 2 aliphatic carbocycles. The van der Waals surface area contributed by atoms with Gasteiger partial charge in [0.15, 0.2) is 0 Å². The van der Waals surface area contributed by atoms with Crippen LogP contribution in [-0.4, -0.2) is 0 Å². The first-order valence-corrected chi connectivity index (χ1v) is 14.1. The average molecular weight is 527 g/mol. The number of benzene rings is 4. The van der Waals surface area contributed by atoms with Crippen molar-refractivity contribution < 1.29 is 0 Å². The van der Waals surface area contributed by atoms with Crippen molar-refractivity contribution in [3.05, 3.63) is 143 Å². The third-order valence-electron chi connectivity index (χ3n) is 7.66. The molecule has 2 nitrogen and oxygen atoms in total. The number of rotatable bonds is 2. The zero-order valence-electron chi connectivity index (χ0n) is 24.6. The fraction of sp³-hybridized carbons (Fsp3) is 0.211. The number of hydrogen-bond acceptors (Lipinski definition) is 2. The second kappa shape index (κ2) is 12.3. The van der Waals surface area contributed by atoms with Crippen molar-refractivity contribution in [2.45, 2.75) is 52.9 Å². The van der Waals surface area contributed by atoms with Crippen molar-refractivity contribution in [2.75, 3.05) is 5.73 Å². The molecule has 4 aromatic carbocycles. The highest BCUT2D eigenvalue weighted by Crippen LogP contribution is 2.51. The van der Waals surface area contributed by atoms with Gasteiger partial charge in [-0.05, 0) is 96.0 Å². The van der Waals surface area contributed by atoms with Crippen LogP contribution in [0.4, 0.5) is 5.69 Å². The monoisotopic (exact) mass is 526 g/mol. The Morgan fingerprint density at radius 3 is 2.12 bits per heavy atom. The molecule has 6 rings (SSSR count). The molecule has 0 unspecified atom stereocenters. The van der Waals surface area contributed by atoms with E-state index in [-0.39, 0.29) is 5.41 Å². The molecular formula is C38H42N2. The summed E-state index contributed by atoms with van der Waals surface area (Å²) in [5.41, 5.74) is 24.4. The fourth-order valence-electron chi connectivity index (χ4n) is 5.81. The maximum atomic E-state index is 6.00. The third-order valence-corrected chi connectivity index (χ3v) is 7.66. The van der Waals surface area contributed by atoms with Crippen LogP contribution in [0.5, 0.6) is 0 Å². The molecule has 0 aromatic heterocycles. The zero-order chi connectivity index (χ0) is 28.9. The second-order valence-corrected chi connectivity index (χ2v) is 11.2. The van der Waals surface area contributed by atoms with Crippen LogP contribution in [0, 0.1) is 13.8 Å². The summed E-state index contributed by atoms with van der Waals surface area (Å²) in [6.45, 7) is 14.3. The van der Waals surface area contributed by atoms with Crippen LogP contribution in [-0.2, 0) is 5.41 Å². The molecule has 40 heavy (non-hydrogen) atoms. The van der Waals surface area contributed by atoms with Crippen molar-refractivity contribution in [1.29, 1.82) is 0 Å². The SMILES string of the molecule is C=C/C=C\C.CC1(C)c2cc(N)ccc2-c2ccc3ccccc3c21.Cc1cc(C)cc(C2=CC=C(N)CC2)c1. The summed E-state index contributed by atoms with van der Waals surface area (Å²) in [5, 5.41) is 2.66. The highest BCUT2D eigenvalue weighted by molar-refractivity contribution is 5.97. The number of nitrogens with two attached hydrogens (primary N) is 2. The molecule has 204 valence electrons. The Labute approximate surface area is 240 Å². The summed E-state index contributed by atoms with van der Waals surface area (Å²) in [7, 11) is 0. The molecule has 0 bridgehead atoms. The first-order valence-electron chi connectivity index (χ1n) is 14.1. The zero-order valence-corrected chi connectivity index (χ0v) is 24.6. The van der Waals surface area contributed by atoms with E-state index in [1.54, 1.807) is 6.08 Å². The Hall–Kier alpha value is -4.30. The highest BCUT2D eigenvalue weighted by atomic mass is 14.6. The largest absolute Gasteiger partial charge is 0.402 e. The minimum absolute atomic E-state index is 0.000903. The van der Waals surface area contributed by atoms with Crippen LogP contribution < -0.4 is 11.5 Å². The molecule has 0 spiro atoms. The Morgan fingerprint density at radius 1 is 0.800 bits per heavy atom. The average Bonchev–Trinajstić information content (AvgIpc) is 3.16. The molecule has 0 fully saturated rings.